The van der Waals surface area contributed by atoms with Gasteiger partial charge in [0.2, 0.25) is 5.91 Å². The molecule has 0 radical (unpaired) electrons. The molecule has 0 bridgehead atoms. The molecule has 2 amide bonds. The van der Waals surface area contributed by atoms with E-state index in [-0.39, 0.29) is 29.5 Å². The molecule has 0 unspecified atom stereocenters. The number of hydrogen-bond donors (Lipinski definition) is 1. The number of hydrogen-bond acceptors (Lipinski definition) is 6. The van der Waals surface area contributed by atoms with E-state index in [1.54, 1.807) is 24.3 Å². The van der Waals surface area contributed by atoms with E-state index in [2.05, 4.69) is 10.1 Å². The molecule has 0 atom stereocenters. The molecule has 152 valence electrons. The highest BCUT2D eigenvalue weighted by molar-refractivity contribution is 6.10. The molecule has 1 aliphatic rings. The van der Waals surface area contributed by atoms with E-state index >= 15 is 0 Å². The standard InChI is InChI=1S/C19H16F2N2O6/c1-27-15-8-11(6-7-14(15)29-19(20)21)18(26)28-10-17(25)23-9-16(24)22-12-4-2-3-5-13(12)23/h2-8,19H,9-10H2,1H3,(H,22,24). The number of anilines is 2. The third-order valence-electron chi connectivity index (χ3n) is 4.01. The molecule has 3 rings (SSSR count). The number of amides is 2. The van der Waals surface area contributed by atoms with Crippen molar-refractivity contribution in [3.8, 4) is 11.5 Å². The van der Waals surface area contributed by atoms with Crippen molar-refractivity contribution < 1.29 is 37.4 Å². The third-order valence-corrected chi connectivity index (χ3v) is 4.01. The van der Waals surface area contributed by atoms with Crippen molar-refractivity contribution in [3.63, 3.8) is 0 Å². The summed E-state index contributed by atoms with van der Waals surface area (Å²) in [7, 11) is 1.23. The fraction of sp³-hybridized carbons (Fsp3) is 0.211. The molecule has 1 heterocycles. The van der Waals surface area contributed by atoms with Gasteiger partial charge in [0, 0.05) is 0 Å². The second-order valence-corrected chi connectivity index (χ2v) is 5.87. The summed E-state index contributed by atoms with van der Waals surface area (Å²) in [5.74, 6) is -2.17. The average Bonchev–Trinajstić information content (AvgIpc) is 2.70. The van der Waals surface area contributed by atoms with Crippen molar-refractivity contribution in [3.05, 3.63) is 48.0 Å². The van der Waals surface area contributed by atoms with Gasteiger partial charge in [-0.2, -0.15) is 8.78 Å². The lowest BCUT2D eigenvalue weighted by Gasteiger charge is -2.28. The zero-order chi connectivity index (χ0) is 21.0. The van der Waals surface area contributed by atoms with Crippen LogP contribution in [0.3, 0.4) is 0 Å². The molecular weight excluding hydrogens is 390 g/mol. The fourth-order valence-corrected chi connectivity index (χ4v) is 2.73. The summed E-state index contributed by atoms with van der Waals surface area (Å²) < 4.78 is 39.0. The fourth-order valence-electron chi connectivity index (χ4n) is 2.73. The Morgan fingerprint density at radius 1 is 1.17 bits per heavy atom. The van der Waals surface area contributed by atoms with E-state index in [4.69, 9.17) is 9.47 Å². The Bertz CT molecular complexity index is 950. The first-order valence-electron chi connectivity index (χ1n) is 8.38. The number of para-hydroxylation sites is 2. The highest BCUT2D eigenvalue weighted by atomic mass is 19.3. The molecular formula is C19H16F2N2O6. The SMILES string of the molecule is COc1cc(C(=O)OCC(=O)N2CC(=O)Nc3ccccc32)ccc1OC(F)F. The van der Waals surface area contributed by atoms with Crippen LogP contribution in [0.1, 0.15) is 10.4 Å². The van der Waals surface area contributed by atoms with E-state index in [1.165, 1.54) is 18.1 Å². The lowest BCUT2D eigenvalue weighted by molar-refractivity contribution is -0.124. The van der Waals surface area contributed by atoms with Gasteiger partial charge in [0.25, 0.3) is 5.91 Å². The van der Waals surface area contributed by atoms with E-state index < -0.39 is 25.1 Å². The van der Waals surface area contributed by atoms with Crippen molar-refractivity contribution in [1.29, 1.82) is 0 Å². The molecule has 1 aliphatic heterocycles. The van der Waals surface area contributed by atoms with E-state index in [1.807, 2.05) is 0 Å². The molecule has 8 nitrogen and oxygen atoms in total. The quantitative estimate of drug-likeness (QED) is 0.741. The minimum atomic E-state index is -3.05. The van der Waals surface area contributed by atoms with Crippen molar-refractivity contribution in [1.82, 2.24) is 0 Å². The summed E-state index contributed by atoms with van der Waals surface area (Å²) in [4.78, 5) is 37.7. The summed E-state index contributed by atoms with van der Waals surface area (Å²) >= 11 is 0. The minimum Gasteiger partial charge on any atom is -0.493 e. The number of nitrogens with one attached hydrogen (secondary N) is 1. The molecule has 0 saturated carbocycles. The topological polar surface area (TPSA) is 94.2 Å². The number of esters is 1. The lowest BCUT2D eigenvalue weighted by atomic mass is 10.2. The van der Waals surface area contributed by atoms with Crippen molar-refractivity contribution in [2.45, 2.75) is 6.61 Å². The molecule has 0 aliphatic carbocycles. The molecule has 10 heteroatoms. The number of halogens is 2. The van der Waals surface area contributed by atoms with Gasteiger partial charge < -0.3 is 19.5 Å². The van der Waals surface area contributed by atoms with Crippen molar-refractivity contribution in [2.75, 3.05) is 30.5 Å². The van der Waals surface area contributed by atoms with E-state index in [0.29, 0.717) is 11.4 Å². The first-order valence-corrected chi connectivity index (χ1v) is 8.38. The van der Waals surface area contributed by atoms with Gasteiger partial charge in [-0.05, 0) is 30.3 Å². The monoisotopic (exact) mass is 406 g/mol. The summed E-state index contributed by atoms with van der Waals surface area (Å²) in [6, 6.07) is 10.2. The van der Waals surface area contributed by atoms with Gasteiger partial charge in [-0.1, -0.05) is 12.1 Å². The van der Waals surface area contributed by atoms with E-state index in [9.17, 15) is 23.2 Å². The van der Waals surface area contributed by atoms with Gasteiger partial charge in [0.1, 0.15) is 6.54 Å². The summed E-state index contributed by atoms with van der Waals surface area (Å²) in [6.45, 7) is -3.87. The van der Waals surface area contributed by atoms with Crippen LogP contribution in [-0.2, 0) is 14.3 Å². The van der Waals surface area contributed by atoms with Crippen LogP contribution in [-0.4, -0.2) is 44.7 Å². The van der Waals surface area contributed by atoms with Crippen LogP contribution in [0.4, 0.5) is 20.2 Å². The average molecular weight is 406 g/mol. The summed E-state index contributed by atoms with van der Waals surface area (Å²) in [5, 5.41) is 2.65. The van der Waals surface area contributed by atoms with E-state index in [0.717, 1.165) is 12.1 Å². The van der Waals surface area contributed by atoms with Crippen molar-refractivity contribution >= 4 is 29.2 Å². The predicted octanol–water partition coefficient (Wildman–Crippen LogP) is 2.44. The maximum atomic E-state index is 12.5. The Hall–Kier alpha value is -3.69. The smallest absolute Gasteiger partial charge is 0.387 e. The Balaban J connectivity index is 1.68. The normalized spacial score (nSPS) is 12.8. The Morgan fingerprint density at radius 2 is 1.93 bits per heavy atom. The van der Waals surface area contributed by atoms with Crippen LogP contribution in [0.25, 0.3) is 0 Å². The number of ether oxygens (including phenoxy) is 3. The predicted molar refractivity (Wildman–Crippen MR) is 97.3 cm³/mol. The molecule has 0 spiro atoms. The Kier molecular flexibility index (Phi) is 5.91. The molecule has 1 N–H and O–H groups in total. The number of methoxy groups -OCH3 is 1. The highest BCUT2D eigenvalue weighted by Crippen LogP contribution is 2.30. The summed E-state index contributed by atoms with van der Waals surface area (Å²) in [6.07, 6.45) is 0. The number of fused-ring (bicyclic) bond motifs is 1. The molecule has 29 heavy (non-hydrogen) atoms. The van der Waals surface area contributed by atoms with Crippen LogP contribution < -0.4 is 19.7 Å². The number of carbonyl (C=O) groups excluding carboxylic acids is 3. The first kappa shape index (κ1) is 20.1. The number of carbonyl (C=O) groups is 3. The number of benzene rings is 2. The Labute approximate surface area is 164 Å². The van der Waals surface area contributed by atoms with Crippen LogP contribution in [0.2, 0.25) is 0 Å². The van der Waals surface area contributed by atoms with Gasteiger partial charge in [-0.3, -0.25) is 14.5 Å². The van der Waals surface area contributed by atoms with Crippen LogP contribution in [0.15, 0.2) is 42.5 Å². The van der Waals surface area contributed by atoms with Gasteiger partial charge in [0.05, 0.1) is 24.0 Å². The van der Waals surface area contributed by atoms with Gasteiger partial charge >= 0.3 is 12.6 Å². The molecule has 0 fully saturated rings. The van der Waals surface area contributed by atoms with Crippen LogP contribution >= 0.6 is 0 Å². The second-order valence-electron chi connectivity index (χ2n) is 5.87. The molecule has 0 saturated heterocycles. The van der Waals surface area contributed by atoms with Gasteiger partial charge in [-0.25, -0.2) is 4.79 Å². The number of alkyl halides is 2. The number of nitrogens with zero attached hydrogens (tertiary/aromatic N) is 1. The lowest BCUT2D eigenvalue weighted by Crippen LogP contribution is -2.44. The molecule has 0 aromatic heterocycles. The molecule has 2 aromatic carbocycles. The van der Waals surface area contributed by atoms with Gasteiger partial charge in [0.15, 0.2) is 18.1 Å². The Morgan fingerprint density at radius 3 is 2.66 bits per heavy atom. The summed E-state index contributed by atoms with van der Waals surface area (Å²) in [5.41, 5.74) is 0.944. The zero-order valence-electron chi connectivity index (χ0n) is 15.2. The maximum Gasteiger partial charge on any atom is 0.387 e. The largest absolute Gasteiger partial charge is 0.493 e. The highest BCUT2D eigenvalue weighted by Gasteiger charge is 2.27. The van der Waals surface area contributed by atoms with Gasteiger partial charge in [-0.15, -0.1) is 0 Å². The maximum absolute atomic E-state index is 12.5. The number of rotatable bonds is 6. The van der Waals surface area contributed by atoms with Crippen molar-refractivity contribution in [2.24, 2.45) is 0 Å². The second kappa shape index (κ2) is 8.55. The van der Waals surface area contributed by atoms with Crippen LogP contribution in [0, 0.1) is 0 Å². The first-order chi connectivity index (χ1) is 13.9. The zero-order valence-corrected chi connectivity index (χ0v) is 15.2. The third kappa shape index (κ3) is 4.60. The molecule has 2 aromatic rings. The van der Waals surface area contributed by atoms with Crippen LogP contribution in [0.5, 0.6) is 11.5 Å². The minimum absolute atomic E-state index is 0.0203.